The third-order valence-corrected chi connectivity index (χ3v) is 2.01. The van der Waals surface area contributed by atoms with Crippen LogP contribution in [0.3, 0.4) is 0 Å². The summed E-state index contributed by atoms with van der Waals surface area (Å²) >= 11 is 0. The van der Waals surface area contributed by atoms with Crippen LogP contribution in [0, 0.1) is 0 Å². The standard InChI is InChI=1S/C10H20N2O/c1-4-12(5-2)10(13)9(3)7-6-8-11/h7H,4-6,8,11H2,1-3H3. The Balaban J connectivity index is 4.22. The summed E-state index contributed by atoms with van der Waals surface area (Å²) in [7, 11) is 0. The van der Waals surface area contributed by atoms with Gasteiger partial charge in [-0.2, -0.15) is 0 Å². The van der Waals surface area contributed by atoms with Gasteiger partial charge in [-0.05, 0) is 33.7 Å². The van der Waals surface area contributed by atoms with E-state index >= 15 is 0 Å². The lowest BCUT2D eigenvalue weighted by atomic mass is 10.2. The number of likely N-dealkylation sites (N-methyl/N-ethyl adjacent to an activating group) is 1. The van der Waals surface area contributed by atoms with E-state index in [1.807, 2.05) is 31.7 Å². The molecule has 0 saturated carbocycles. The second kappa shape index (κ2) is 6.66. The molecule has 0 aliphatic rings. The highest BCUT2D eigenvalue weighted by molar-refractivity contribution is 5.92. The fraction of sp³-hybridized carbons (Fsp3) is 0.700. The van der Waals surface area contributed by atoms with Gasteiger partial charge in [-0.1, -0.05) is 6.08 Å². The Morgan fingerprint density at radius 2 is 1.92 bits per heavy atom. The molecule has 3 nitrogen and oxygen atoms in total. The largest absolute Gasteiger partial charge is 0.340 e. The molecule has 0 aliphatic carbocycles. The molecule has 0 aromatic carbocycles. The van der Waals surface area contributed by atoms with Gasteiger partial charge < -0.3 is 10.6 Å². The lowest BCUT2D eigenvalue weighted by molar-refractivity contribution is -0.126. The summed E-state index contributed by atoms with van der Waals surface area (Å²) in [6, 6.07) is 0. The van der Waals surface area contributed by atoms with Crippen molar-refractivity contribution < 1.29 is 4.79 Å². The molecule has 0 saturated heterocycles. The molecule has 0 rings (SSSR count). The van der Waals surface area contributed by atoms with Crippen LogP contribution >= 0.6 is 0 Å². The van der Waals surface area contributed by atoms with Gasteiger partial charge in [-0.15, -0.1) is 0 Å². The van der Waals surface area contributed by atoms with Crippen LogP contribution in [-0.2, 0) is 4.79 Å². The van der Waals surface area contributed by atoms with Crippen LogP contribution in [0.2, 0.25) is 0 Å². The molecule has 0 bridgehead atoms. The second-order valence-corrected chi connectivity index (χ2v) is 2.94. The van der Waals surface area contributed by atoms with Crippen molar-refractivity contribution in [2.24, 2.45) is 5.73 Å². The third-order valence-electron chi connectivity index (χ3n) is 2.01. The highest BCUT2D eigenvalue weighted by Crippen LogP contribution is 2.01. The zero-order chi connectivity index (χ0) is 10.3. The van der Waals surface area contributed by atoms with Crippen molar-refractivity contribution in [3.8, 4) is 0 Å². The predicted octanol–water partition coefficient (Wildman–Crippen LogP) is 1.15. The van der Waals surface area contributed by atoms with Crippen LogP contribution in [0.4, 0.5) is 0 Å². The maximum atomic E-state index is 11.6. The summed E-state index contributed by atoms with van der Waals surface area (Å²) in [5.41, 5.74) is 6.15. The highest BCUT2D eigenvalue weighted by atomic mass is 16.2. The van der Waals surface area contributed by atoms with Crippen LogP contribution in [0.15, 0.2) is 11.6 Å². The van der Waals surface area contributed by atoms with Crippen LogP contribution in [-0.4, -0.2) is 30.4 Å². The molecule has 0 heterocycles. The van der Waals surface area contributed by atoms with E-state index in [1.165, 1.54) is 0 Å². The van der Waals surface area contributed by atoms with Gasteiger partial charge in [0.15, 0.2) is 0 Å². The minimum absolute atomic E-state index is 0.124. The van der Waals surface area contributed by atoms with Gasteiger partial charge in [-0.3, -0.25) is 4.79 Å². The van der Waals surface area contributed by atoms with Crippen LogP contribution < -0.4 is 5.73 Å². The maximum Gasteiger partial charge on any atom is 0.249 e. The van der Waals surface area contributed by atoms with E-state index in [0.717, 1.165) is 25.1 Å². The van der Waals surface area contributed by atoms with Crippen molar-refractivity contribution in [3.05, 3.63) is 11.6 Å². The number of amides is 1. The van der Waals surface area contributed by atoms with E-state index in [-0.39, 0.29) is 5.91 Å². The van der Waals surface area contributed by atoms with Crippen LogP contribution in [0.25, 0.3) is 0 Å². The average molecular weight is 184 g/mol. The molecule has 0 fully saturated rings. The Morgan fingerprint density at radius 3 is 2.31 bits per heavy atom. The molecule has 0 unspecified atom stereocenters. The van der Waals surface area contributed by atoms with Crippen molar-refractivity contribution >= 4 is 5.91 Å². The van der Waals surface area contributed by atoms with Crippen molar-refractivity contribution in [2.45, 2.75) is 27.2 Å². The first-order valence-corrected chi connectivity index (χ1v) is 4.83. The summed E-state index contributed by atoms with van der Waals surface area (Å²) in [6.07, 6.45) is 2.68. The third kappa shape index (κ3) is 4.08. The Hall–Kier alpha value is -0.830. The summed E-state index contributed by atoms with van der Waals surface area (Å²) in [5.74, 6) is 0.124. The van der Waals surface area contributed by atoms with Crippen molar-refractivity contribution in [2.75, 3.05) is 19.6 Å². The van der Waals surface area contributed by atoms with Crippen LogP contribution in [0.5, 0.6) is 0 Å². The summed E-state index contributed by atoms with van der Waals surface area (Å²) < 4.78 is 0. The number of hydrogen-bond donors (Lipinski definition) is 1. The lowest BCUT2D eigenvalue weighted by Gasteiger charge is -2.18. The lowest BCUT2D eigenvalue weighted by Crippen LogP contribution is -2.31. The Bertz CT molecular complexity index is 183. The molecular weight excluding hydrogens is 164 g/mol. The Labute approximate surface area is 80.6 Å². The van der Waals surface area contributed by atoms with Gasteiger partial charge in [0, 0.05) is 18.7 Å². The topological polar surface area (TPSA) is 46.3 Å². The molecule has 0 aromatic heterocycles. The Morgan fingerprint density at radius 1 is 1.38 bits per heavy atom. The molecule has 0 radical (unpaired) electrons. The zero-order valence-corrected chi connectivity index (χ0v) is 8.84. The molecule has 0 aromatic rings. The van der Waals surface area contributed by atoms with Crippen molar-refractivity contribution in [1.29, 1.82) is 0 Å². The van der Waals surface area contributed by atoms with E-state index in [1.54, 1.807) is 0 Å². The average Bonchev–Trinajstić information content (AvgIpc) is 2.15. The SMILES string of the molecule is CCN(CC)C(=O)C(C)=CCCN. The van der Waals surface area contributed by atoms with E-state index in [9.17, 15) is 4.79 Å². The number of carbonyl (C=O) groups excluding carboxylic acids is 1. The second-order valence-electron chi connectivity index (χ2n) is 2.94. The molecule has 76 valence electrons. The summed E-state index contributed by atoms with van der Waals surface area (Å²) in [4.78, 5) is 13.4. The highest BCUT2D eigenvalue weighted by Gasteiger charge is 2.10. The molecule has 0 atom stereocenters. The number of nitrogens with zero attached hydrogens (tertiary/aromatic N) is 1. The molecule has 1 amide bonds. The fourth-order valence-corrected chi connectivity index (χ4v) is 1.15. The smallest absolute Gasteiger partial charge is 0.249 e. The first-order valence-electron chi connectivity index (χ1n) is 4.83. The normalized spacial score (nSPS) is 11.5. The van der Waals surface area contributed by atoms with Crippen molar-refractivity contribution in [3.63, 3.8) is 0 Å². The summed E-state index contributed by atoms with van der Waals surface area (Å²) in [5, 5.41) is 0. The minimum Gasteiger partial charge on any atom is -0.340 e. The predicted molar refractivity (Wildman–Crippen MR) is 55.4 cm³/mol. The fourth-order valence-electron chi connectivity index (χ4n) is 1.15. The first kappa shape index (κ1) is 12.2. The van der Waals surface area contributed by atoms with Gasteiger partial charge in [0.2, 0.25) is 5.91 Å². The molecule has 3 heteroatoms. The van der Waals surface area contributed by atoms with Gasteiger partial charge in [0.25, 0.3) is 0 Å². The maximum absolute atomic E-state index is 11.6. The number of carbonyl (C=O) groups is 1. The van der Waals surface area contributed by atoms with Gasteiger partial charge in [-0.25, -0.2) is 0 Å². The van der Waals surface area contributed by atoms with Gasteiger partial charge in [0.1, 0.15) is 0 Å². The molecule has 13 heavy (non-hydrogen) atoms. The monoisotopic (exact) mass is 184 g/mol. The number of rotatable bonds is 5. The van der Waals surface area contributed by atoms with E-state index in [2.05, 4.69) is 0 Å². The van der Waals surface area contributed by atoms with E-state index in [4.69, 9.17) is 5.73 Å². The zero-order valence-electron chi connectivity index (χ0n) is 8.84. The van der Waals surface area contributed by atoms with E-state index in [0.29, 0.717) is 6.54 Å². The van der Waals surface area contributed by atoms with Gasteiger partial charge in [0.05, 0.1) is 0 Å². The number of hydrogen-bond acceptors (Lipinski definition) is 2. The van der Waals surface area contributed by atoms with Crippen LogP contribution in [0.1, 0.15) is 27.2 Å². The minimum atomic E-state index is 0.124. The quantitative estimate of drug-likeness (QED) is 0.651. The molecule has 0 aliphatic heterocycles. The van der Waals surface area contributed by atoms with Gasteiger partial charge >= 0.3 is 0 Å². The van der Waals surface area contributed by atoms with E-state index < -0.39 is 0 Å². The Kier molecular flexibility index (Phi) is 6.24. The molecule has 0 spiro atoms. The number of nitrogens with two attached hydrogens (primary N) is 1. The summed E-state index contributed by atoms with van der Waals surface area (Å²) in [6.45, 7) is 7.95. The molecular formula is C10H20N2O. The van der Waals surface area contributed by atoms with Crippen molar-refractivity contribution in [1.82, 2.24) is 4.90 Å². The first-order chi connectivity index (χ1) is 6.17. The molecule has 2 N–H and O–H groups in total.